The molecule has 1 aliphatic heterocycles. The van der Waals surface area contributed by atoms with Crippen LogP contribution in [-0.2, 0) is 25.6 Å². The fourth-order valence-corrected chi connectivity index (χ4v) is 3.86. The number of thiazole rings is 1. The van der Waals surface area contributed by atoms with Crippen molar-refractivity contribution in [2.24, 2.45) is 4.99 Å². The number of rotatable bonds is 6. The van der Waals surface area contributed by atoms with Gasteiger partial charge in [0, 0.05) is 49.5 Å². The molecule has 0 fully saturated rings. The predicted molar refractivity (Wildman–Crippen MR) is 106 cm³/mol. The van der Waals surface area contributed by atoms with Gasteiger partial charge in [0.1, 0.15) is 17.6 Å². The van der Waals surface area contributed by atoms with Gasteiger partial charge in [-0.05, 0) is 19.1 Å². The summed E-state index contributed by atoms with van der Waals surface area (Å²) in [5.74, 6) is 2.17. The van der Waals surface area contributed by atoms with E-state index < -0.39 is 11.9 Å². The second-order valence-corrected chi connectivity index (χ2v) is 7.57. The zero-order valence-electron chi connectivity index (χ0n) is 16.4. The van der Waals surface area contributed by atoms with Crippen LogP contribution in [0.25, 0.3) is 0 Å². The molecule has 1 atom stereocenters. The van der Waals surface area contributed by atoms with Crippen LogP contribution in [0.15, 0.2) is 22.5 Å². The van der Waals surface area contributed by atoms with Crippen molar-refractivity contribution in [1.82, 2.24) is 15.6 Å². The number of hydrogen-bond donors (Lipinski definition) is 2. The van der Waals surface area contributed by atoms with Gasteiger partial charge in [0.2, 0.25) is 0 Å². The van der Waals surface area contributed by atoms with Gasteiger partial charge in [-0.25, -0.2) is 4.98 Å². The SMILES string of the molecule is CN=C(NCCc1nc(C(F)(F)F)cs1)NCc1cc2c(cc1OC)CC(C)O2. The van der Waals surface area contributed by atoms with Crippen LogP contribution >= 0.6 is 11.3 Å². The Kier molecular flexibility index (Phi) is 6.51. The third kappa shape index (κ3) is 5.31. The minimum absolute atomic E-state index is 0.149. The second-order valence-electron chi connectivity index (χ2n) is 6.63. The molecule has 0 spiro atoms. The maximum Gasteiger partial charge on any atom is 0.434 e. The quantitative estimate of drug-likeness (QED) is 0.545. The highest BCUT2D eigenvalue weighted by Gasteiger charge is 2.33. The maximum atomic E-state index is 12.6. The molecule has 0 aliphatic carbocycles. The minimum atomic E-state index is -4.41. The molecule has 2 N–H and O–H groups in total. The number of alkyl halides is 3. The average Bonchev–Trinajstić information content (AvgIpc) is 3.28. The van der Waals surface area contributed by atoms with Crippen LogP contribution in [0.5, 0.6) is 11.5 Å². The summed E-state index contributed by atoms with van der Waals surface area (Å²) in [6.07, 6.45) is -3.03. The largest absolute Gasteiger partial charge is 0.496 e. The van der Waals surface area contributed by atoms with Crippen LogP contribution in [0, 0.1) is 0 Å². The van der Waals surface area contributed by atoms with E-state index in [-0.39, 0.29) is 6.10 Å². The van der Waals surface area contributed by atoms with Crippen LogP contribution in [0.2, 0.25) is 0 Å². The standard InChI is InChI=1S/C19H23F3N4O2S/c1-11-6-12-7-14(27-3)13(8-15(12)28-11)9-25-18(23-2)24-5-4-17-26-16(10-29-17)19(20,21)22/h7-8,10-11H,4-6,9H2,1-3H3,(H2,23,24,25). The Bertz CT molecular complexity index is 883. The molecule has 0 radical (unpaired) electrons. The van der Waals surface area contributed by atoms with E-state index in [1.54, 1.807) is 14.2 Å². The highest BCUT2D eigenvalue weighted by molar-refractivity contribution is 7.09. The Labute approximate surface area is 171 Å². The van der Waals surface area contributed by atoms with Gasteiger partial charge in [-0.3, -0.25) is 4.99 Å². The van der Waals surface area contributed by atoms with Crippen LogP contribution in [0.1, 0.15) is 28.8 Å². The predicted octanol–water partition coefficient (Wildman–Crippen LogP) is 3.40. The lowest BCUT2D eigenvalue weighted by Crippen LogP contribution is -2.37. The van der Waals surface area contributed by atoms with Crippen molar-refractivity contribution in [2.45, 2.75) is 38.6 Å². The molecule has 1 aromatic heterocycles. The molecule has 0 amide bonds. The molecule has 2 aromatic rings. The second kappa shape index (κ2) is 8.89. The fraction of sp³-hybridized carbons (Fsp3) is 0.474. The molecule has 6 nitrogen and oxygen atoms in total. The van der Waals surface area contributed by atoms with E-state index in [0.29, 0.717) is 30.5 Å². The Morgan fingerprint density at radius 2 is 2.17 bits per heavy atom. The number of fused-ring (bicyclic) bond motifs is 1. The molecule has 1 unspecified atom stereocenters. The van der Waals surface area contributed by atoms with E-state index in [0.717, 1.165) is 45.8 Å². The number of methoxy groups -OCH3 is 1. The molecular weight excluding hydrogens is 405 g/mol. The summed E-state index contributed by atoms with van der Waals surface area (Å²) in [5, 5.41) is 7.73. The summed E-state index contributed by atoms with van der Waals surface area (Å²) in [6.45, 7) is 2.89. The smallest absolute Gasteiger partial charge is 0.434 e. The maximum absolute atomic E-state index is 12.6. The number of aliphatic imine (C=N–C) groups is 1. The Balaban J connectivity index is 1.53. The van der Waals surface area contributed by atoms with Crippen LogP contribution in [-0.4, -0.2) is 37.7 Å². The molecular formula is C19H23F3N4O2S. The van der Waals surface area contributed by atoms with Gasteiger partial charge in [-0.2, -0.15) is 13.2 Å². The lowest BCUT2D eigenvalue weighted by Gasteiger charge is -2.14. The topological polar surface area (TPSA) is 67.8 Å². The van der Waals surface area contributed by atoms with Crippen molar-refractivity contribution in [2.75, 3.05) is 20.7 Å². The Morgan fingerprint density at radius 1 is 1.38 bits per heavy atom. The van der Waals surface area contributed by atoms with Crippen LogP contribution in [0.4, 0.5) is 13.2 Å². The highest BCUT2D eigenvalue weighted by Crippen LogP contribution is 2.35. The van der Waals surface area contributed by atoms with E-state index in [1.807, 2.05) is 19.1 Å². The van der Waals surface area contributed by atoms with Crippen molar-refractivity contribution in [1.29, 1.82) is 0 Å². The van der Waals surface area contributed by atoms with E-state index in [9.17, 15) is 13.2 Å². The molecule has 0 bridgehead atoms. The van der Waals surface area contributed by atoms with E-state index >= 15 is 0 Å². The Hall–Kier alpha value is -2.49. The van der Waals surface area contributed by atoms with Crippen LogP contribution in [0.3, 0.4) is 0 Å². The molecule has 29 heavy (non-hydrogen) atoms. The first-order chi connectivity index (χ1) is 13.8. The fourth-order valence-electron chi connectivity index (χ4n) is 3.05. The molecule has 1 aliphatic rings. The lowest BCUT2D eigenvalue weighted by molar-refractivity contribution is -0.140. The van der Waals surface area contributed by atoms with E-state index in [1.165, 1.54) is 0 Å². The summed E-state index contributed by atoms with van der Waals surface area (Å²) >= 11 is 1.00. The molecule has 0 saturated carbocycles. The van der Waals surface area contributed by atoms with Gasteiger partial charge >= 0.3 is 6.18 Å². The molecule has 2 heterocycles. The van der Waals surface area contributed by atoms with Gasteiger partial charge in [0.15, 0.2) is 11.7 Å². The lowest BCUT2D eigenvalue weighted by atomic mass is 10.1. The van der Waals surface area contributed by atoms with E-state index in [2.05, 4.69) is 20.6 Å². The minimum Gasteiger partial charge on any atom is -0.496 e. The first-order valence-corrected chi connectivity index (χ1v) is 10.0. The van der Waals surface area contributed by atoms with Gasteiger partial charge in [-0.1, -0.05) is 0 Å². The first kappa shape index (κ1) is 21.2. The van der Waals surface area contributed by atoms with Crippen molar-refractivity contribution >= 4 is 17.3 Å². The third-order valence-electron chi connectivity index (χ3n) is 4.44. The summed E-state index contributed by atoms with van der Waals surface area (Å²) in [7, 11) is 3.26. The van der Waals surface area contributed by atoms with Crippen molar-refractivity contribution in [3.63, 3.8) is 0 Å². The third-order valence-corrected chi connectivity index (χ3v) is 5.35. The molecule has 158 valence electrons. The number of nitrogens with one attached hydrogen (secondary N) is 2. The van der Waals surface area contributed by atoms with Crippen molar-refractivity contribution < 1.29 is 22.6 Å². The normalized spacial score (nSPS) is 16.3. The summed E-state index contributed by atoms with van der Waals surface area (Å²) in [4.78, 5) is 7.77. The number of hydrogen-bond acceptors (Lipinski definition) is 5. The van der Waals surface area contributed by atoms with Gasteiger partial charge in [0.05, 0.1) is 12.1 Å². The zero-order chi connectivity index (χ0) is 21.0. The Morgan fingerprint density at radius 3 is 2.83 bits per heavy atom. The number of aromatic nitrogens is 1. The van der Waals surface area contributed by atoms with E-state index in [4.69, 9.17) is 9.47 Å². The molecule has 0 saturated heterocycles. The van der Waals surface area contributed by atoms with Crippen LogP contribution < -0.4 is 20.1 Å². The zero-order valence-corrected chi connectivity index (χ0v) is 17.2. The molecule has 10 heteroatoms. The van der Waals surface area contributed by atoms with Gasteiger partial charge < -0.3 is 20.1 Å². The number of halogens is 3. The highest BCUT2D eigenvalue weighted by atomic mass is 32.1. The van der Waals surface area contributed by atoms with Gasteiger partial charge in [-0.15, -0.1) is 11.3 Å². The monoisotopic (exact) mass is 428 g/mol. The number of benzene rings is 1. The summed E-state index contributed by atoms with van der Waals surface area (Å²) < 4.78 is 49.1. The first-order valence-electron chi connectivity index (χ1n) is 9.12. The van der Waals surface area contributed by atoms with Crippen molar-refractivity contribution in [3.8, 4) is 11.5 Å². The molecule has 1 aromatic carbocycles. The number of nitrogens with zero attached hydrogens (tertiary/aromatic N) is 2. The summed E-state index contributed by atoms with van der Waals surface area (Å²) in [5.41, 5.74) is 1.21. The average molecular weight is 428 g/mol. The number of ether oxygens (including phenoxy) is 2. The van der Waals surface area contributed by atoms with Crippen molar-refractivity contribution in [3.05, 3.63) is 39.3 Å². The number of guanidine groups is 1. The molecule has 3 rings (SSSR count). The van der Waals surface area contributed by atoms with Gasteiger partial charge in [0.25, 0.3) is 0 Å². The summed E-state index contributed by atoms with van der Waals surface area (Å²) in [6, 6.07) is 3.96.